The van der Waals surface area contributed by atoms with Gasteiger partial charge in [-0.1, -0.05) is 42.5 Å². The third-order valence-corrected chi connectivity index (χ3v) is 5.80. The summed E-state index contributed by atoms with van der Waals surface area (Å²) in [6.07, 6.45) is 1.02. The zero-order chi connectivity index (χ0) is 22.5. The number of rotatable bonds is 6. The number of piperidine rings is 1. The summed E-state index contributed by atoms with van der Waals surface area (Å²) in [5.74, 6) is -2.18. The van der Waals surface area contributed by atoms with E-state index < -0.39 is 11.6 Å². The Balaban J connectivity index is 1.27. The van der Waals surface area contributed by atoms with Crippen LogP contribution in [0, 0.1) is 17.6 Å². The van der Waals surface area contributed by atoms with Gasteiger partial charge in [0.05, 0.1) is 12.1 Å². The van der Waals surface area contributed by atoms with Gasteiger partial charge in [0.25, 0.3) is 0 Å². The molecule has 1 N–H and O–H groups in total. The highest BCUT2D eigenvalue weighted by atomic mass is 19.1. The van der Waals surface area contributed by atoms with Crippen molar-refractivity contribution in [1.82, 2.24) is 4.90 Å². The number of benzene rings is 3. The van der Waals surface area contributed by atoms with Gasteiger partial charge in [0.2, 0.25) is 5.91 Å². The van der Waals surface area contributed by atoms with Gasteiger partial charge in [-0.05, 0) is 67.4 Å². The lowest BCUT2D eigenvalue weighted by atomic mass is 9.88. The largest absolute Gasteiger partial charge is 0.325 e. The molecule has 0 radical (unpaired) electrons. The van der Waals surface area contributed by atoms with Gasteiger partial charge in [-0.2, -0.15) is 0 Å². The van der Waals surface area contributed by atoms with Crippen LogP contribution in [0.5, 0.6) is 0 Å². The fraction of sp³-hybridized carbons (Fsp3) is 0.231. The van der Waals surface area contributed by atoms with Gasteiger partial charge in [0.15, 0.2) is 5.78 Å². The van der Waals surface area contributed by atoms with Crippen molar-refractivity contribution >= 4 is 17.4 Å². The smallest absolute Gasteiger partial charge is 0.238 e. The maximum absolute atomic E-state index is 13.9. The molecule has 4 nitrogen and oxygen atoms in total. The van der Waals surface area contributed by atoms with E-state index in [0.717, 1.165) is 35.0 Å². The third kappa shape index (κ3) is 5.26. The fourth-order valence-corrected chi connectivity index (χ4v) is 4.04. The van der Waals surface area contributed by atoms with Crippen molar-refractivity contribution < 1.29 is 18.4 Å². The van der Waals surface area contributed by atoms with E-state index in [0.29, 0.717) is 25.9 Å². The number of likely N-dealkylation sites (tertiary alicyclic amines) is 1. The number of Topliss-reactive ketones (excluding diaryl/α,β-unsaturated/α-hetero) is 1. The Morgan fingerprint density at radius 2 is 1.53 bits per heavy atom. The van der Waals surface area contributed by atoms with Crippen LogP contribution in [0.1, 0.15) is 23.2 Å². The first-order valence-electron chi connectivity index (χ1n) is 10.7. The molecule has 164 valence electrons. The Kier molecular flexibility index (Phi) is 6.71. The standard InChI is InChI=1S/C26H24F2N2O2/c27-21-8-11-24(28)23(16-21)26(32)20-12-14-30(15-13-20)17-25(31)29-22-9-6-19(7-10-22)18-4-2-1-3-5-18/h1-11,16,20H,12-15,17H2,(H,29,31). The number of nitrogens with one attached hydrogen (secondary N) is 1. The Morgan fingerprint density at radius 1 is 0.875 bits per heavy atom. The second kappa shape index (κ2) is 9.83. The Morgan fingerprint density at radius 3 is 2.22 bits per heavy atom. The molecule has 3 aromatic carbocycles. The summed E-state index contributed by atoms with van der Waals surface area (Å²) in [5.41, 5.74) is 2.72. The van der Waals surface area contributed by atoms with E-state index in [-0.39, 0.29) is 29.7 Å². The number of carbonyl (C=O) groups is 2. The quantitative estimate of drug-likeness (QED) is 0.545. The van der Waals surface area contributed by atoms with Crippen molar-refractivity contribution in [3.8, 4) is 11.1 Å². The summed E-state index contributed by atoms with van der Waals surface area (Å²) in [6.45, 7) is 1.32. The number of halogens is 2. The van der Waals surface area contributed by atoms with E-state index >= 15 is 0 Å². The molecule has 1 aliphatic rings. The van der Waals surface area contributed by atoms with Crippen LogP contribution >= 0.6 is 0 Å². The molecule has 1 amide bonds. The SMILES string of the molecule is O=C(CN1CCC(C(=O)c2cc(F)ccc2F)CC1)Nc1ccc(-c2ccccc2)cc1. The molecule has 3 aromatic rings. The first-order chi connectivity index (χ1) is 15.5. The van der Waals surface area contributed by atoms with Crippen LogP contribution in [0.2, 0.25) is 0 Å². The molecule has 4 rings (SSSR count). The van der Waals surface area contributed by atoms with Crippen molar-refractivity contribution in [2.75, 3.05) is 25.0 Å². The highest BCUT2D eigenvalue weighted by Gasteiger charge is 2.28. The molecule has 32 heavy (non-hydrogen) atoms. The van der Waals surface area contributed by atoms with E-state index in [1.807, 2.05) is 59.5 Å². The van der Waals surface area contributed by atoms with Crippen molar-refractivity contribution in [3.63, 3.8) is 0 Å². The van der Waals surface area contributed by atoms with Gasteiger partial charge < -0.3 is 5.32 Å². The van der Waals surface area contributed by atoms with E-state index in [1.54, 1.807) is 0 Å². The second-order valence-corrected chi connectivity index (χ2v) is 8.03. The molecule has 1 heterocycles. The number of nitrogens with zero attached hydrogens (tertiary/aromatic N) is 1. The fourth-order valence-electron chi connectivity index (χ4n) is 4.04. The molecule has 0 atom stereocenters. The van der Waals surface area contributed by atoms with Gasteiger partial charge >= 0.3 is 0 Å². The van der Waals surface area contributed by atoms with Crippen molar-refractivity contribution in [1.29, 1.82) is 0 Å². The van der Waals surface area contributed by atoms with Crippen LogP contribution in [0.15, 0.2) is 72.8 Å². The average Bonchev–Trinajstić information content (AvgIpc) is 2.82. The molecular formula is C26H24F2N2O2. The highest BCUT2D eigenvalue weighted by molar-refractivity contribution is 5.98. The Hall–Kier alpha value is -3.38. The van der Waals surface area contributed by atoms with Crippen LogP contribution in [-0.2, 0) is 4.79 Å². The van der Waals surface area contributed by atoms with E-state index in [4.69, 9.17) is 0 Å². The van der Waals surface area contributed by atoms with Crippen LogP contribution in [-0.4, -0.2) is 36.2 Å². The number of carbonyl (C=O) groups excluding carboxylic acids is 2. The van der Waals surface area contributed by atoms with Crippen LogP contribution < -0.4 is 5.32 Å². The summed E-state index contributed by atoms with van der Waals surface area (Å²) in [5, 5.41) is 2.90. The summed E-state index contributed by atoms with van der Waals surface area (Å²) in [6, 6.07) is 20.6. The molecule has 0 spiro atoms. The molecule has 1 aliphatic heterocycles. The minimum Gasteiger partial charge on any atom is -0.325 e. The molecule has 0 bridgehead atoms. The number of ketones is 1. The first kappa shape index (κ1) is 21.8. The molecule has 6 heteroatoms. The highest BCUT2D eigenvalue weighted by Crippen LogP contribution is 2.24. The molecule has 1 fully saturated rings. The van der Waals surface area contributed by atoms with Crippen LogP contribution in [0.25, 0.3) is 11.1 Å². The van der Waals surface area contributed by atoms with E-state index in [1.165, 1.54) is 0 Å². The maximum Gasteiger partial charge on any atom is 0.238 e. The summed E-state index contributed by atoms with van der Waals surface area (Å²) >= 11 is 0. The summed E-state index contributed by atoms with van der Waals surface area (Å²) in [4.78, 5) is 27.0. The summed E-state index contributed by atoms with van der Waals surface area (Å²) in [7, 11) is 0. The second-order valence-electron chi connectivity index (χ2n) is 8.03. The molecular weight excluding hydrogens is 410 g/mol. The normalized spacial score (nSPS) is 14.8. The zero-order valence-electron chi connectivity index (χ0n) is 17.6. The average molecular weight is 434 g/mol. The monoisotopic (exact) mass is 434 g/mol. The molecule has 1 saturated heterocycles. The van der Waals surface area contributed by atoms with Gasteiger partial charge in [0.1, 0.15) is 11.6 Å². The topological polar surface area (TPSA) is 49.4 Å². The lowest BCUT2D eigenvalue weighted by molar-refractivity contribution is -0.117. The van der Waals surface area contributed by atoms with Gasteiger partial charge in [-0.25, -0.2) is 8.78 Å². The van der Waals surface area contributed by atoms with Gasteiger partial charge in [-0.3, -0.25) is 14.5 Å². The van der Waals surface area contributed by atoms with Crippen molar-refractivity contribution in [2.24, 2.45) is 5.92 Å². The summed E-state index contributed by atoms with van der Waals surface area (Å²) < 4.78 is 27.3. The Bertz CT molecular complexity index is 1090. The van der Waals surface area contributed by atoms with Crippen LogP contribution in [0.4, 0.5) is 14.5 Å². The first-order valence-corrected chi connectivity index (χ1v) is 10.7. The van der Waals surface area contributed by atoms with Crippen molar-refractivity contribution in [2.45, 2.75) is 12.8 Å². The molecule has 0 aromatic heterocycles. The van der Waals surface area contributed by atoms with Crippen LogP contribution in [0.3, 0.4) is 0 Å². The van der Waals surface area contributed by atoms with Gasteiger partial charge in [0, 0.05) is 11.6 Å². The minimum absolute atomic E-state index is 0.126. The maximum atomic E-state index is 13.9. The number of hydrogen-bond donors (Lipinski definition) is 1. The molecule has 0 unspecified atom stereocenters. The third-order valence-electron chi connectivity index (χ3n) is 5.80. The number of anilines is 1. The zero-order valence-corrected chi connectivity index (χ0v) is 17.6. The van der Waals surface area contributed by atoms with Gasteiger partial charge in [-0.15, -0.1) is 0 Å². The molecule has 0 aliphatic carbocycles. The molecule has 0 saturated carbocycles. The van der Waals surface area contributed by atoms with Crippen molar-refractivity contribution in [3.05, 3.63) is 90.0 Å². The predicted molar refractivity (Wildman–Crippen MR) is 120 cm³/mol. The number of amides is 1. The lowest BCUT2D eigenvalue weighted by Crippen LogP contribution is -2.40. The lowest BCUT2D eigenvalue weighted by Gasteiger charge is -2.30. The van der Waals surface area contributed by atoms with E-state index in [2.05, 4.69) is 5.32 Å². The Labute approximate surface area is 185 Å². The number of hydrogen-bond acceptors (Lipinski definition) is 3. The minimum atomic E-state index is -0.698. The van der Waals surface area contributed by atoms with E-state index in [9.17, 15) is 18.4 Å². The predicted octanol–water partition coefficient (Wildman–Crippen LogP) is 5.17.